The highest BCUT2D eigenvalue weighted by atomic mass is 16.2. The van der Waals surface area contributed by atoms with Gasteiger partial charge in [0.05, 0.1) is 0 Å². The van der Waals surface area contributed by atoms with Gasteiger partial charge in [0.15, 0.2) is 0 Å². The third-order valence-electron chi connectivity index (χ3n) is 5.40. The standard InChI is InChI=1S/C19H24N2O/c1-13-7-8-17-15(11-13)16-12-21(10-9-18(16)20-17)19(22)14-5-3-2-4-6-14/h7-8,11,14,20H,2-6,9-10,12H2,1H3. The summed E-state index contributed by atoms with van der Waals surface area (Å²) in [5, 5.41) is 1.30. The molecule has 2 aromatic rings. The number of carbonyl (C=O) groups is 1. The van der Waals surface area contributed by atoms with Crippen LogP contribution in [0.15, 0.2) is 18.2 Å². The molecule has 116 valence electrons. The molecule has 1 aliphatic heterocycles. The number of aromatic nitrogens is 1. The molecule has 0 saturated heterocycles. The zero-order valence-electron chi connectivity index (χ0n) is 13.3. The molecule has 3 heteroatoms. The second-order valence-corrected chi connectivity index (χ2v) is 6.98. The third kappa shape index (κ3) is 2.33. The molecule has 0 spiro atoms. The van der Waals surface area contributed by atoms with Gasteiger partial charge in [-0.05, 0) is 31.9 Å². The Labute approximate surface area is 131 Å². The van der Waals surface area contributed by atoms with Crippen LogP contribution in [0, 0.1) is 12.8 Å². The van der Waals surface area contributed by atoms with E-state index in [2.05, 4.69) is 35.0 Å². The van der Waals surface area contributed by atoms with Crippen molar-refractivity contribution >= 4 is 16.8 Å². The van der Waals surface area contributed by atoms with Crippen molar-refractivity contribution in [1.82, 2.24) is 9.88 Å². The minimum atomic E-state index is 0.280. The largest absolute Gasteiger partial charge is 0.358 e. The number of H-pyrrole nitrogens is 1. The fourth-order valence-corrected chi connectivity index (χ4v) is 4.12. The fourth-order valence-electron chi connectivity index (χ4n) is 4.12. The smallest absolute Gasteiger partial charge is 0.225 e. The molecule has 1 aliphatic carbocycles. The molecule has 0 atom stereocenters. The molecule has 1 fully saturated rings. The summed E-state index contributed by atoms with van der Waals surface area (Å²) in [4.78, 5) is 18.5. The molecular formula is C19H24N2O. The zero-order chi connectivity index (χ0) is 15.1. The Morgan fingerprint density at radius 3 is 2.86 bits per heavy atom. The van der Waals surface area contributed by atoms with Gasteiger partial charge in [0.2, 0.25) is 5.91 Å². The number of carbonyl (C=O) groups excluding carboxylic acids is 1. The van der Waals surface area contributed by atoms with Gasteiger partial charge < -0.3 is 9.88 Å². The number of fused-ring (bicyclic) bond motifs is 3. The monoisotopic (exact) mass is 296 g/mol. The first kappa shape index (κ1) is 13.9. The van der Waals surface area contributed by atoms with Gasteiger partial charge in [0.1, 0.15) is 0 Å². The average Bonchev–Trinajstić information content (AvgIpc) is 2.92. The zero-order valence-corrected chi connectivity index (χ0v) is 13.3. The van der Waals surface area contributed by atoms with Crippen LogP contribution in [0.3, 0.4) is 0 Å². The number of benzene rings is 1. The number of rotatable bonds is 1. The lowest BCUT2D eigenvalue weighted by molar-refractivity contribution is -0.137. The molecular weight excluding hydrogens is 272 g/mol. The Kier molecular flexibility index (Phi) is 3.44. The summed E-state index contributed by atoms with van der Waals surface area (Å²) in [6.45, 7) is 3.79. The average molecular weight is 296 g/mol. The molecule has 1 aromatic carbocycles. The highest BCUT2D eigenvalue weighted by Gasteiger charge is 2.29. The molecule has 4 rings (SSSR count). The van der Waals surface area contributed by atoms with E-state index in [0.717, 1.165) is 32.4 Å². The lowest BCUT2D eigenvalue weighted by Gasteiger charge is -2.32. The van der Waals surface area contributed by atoms with E-state index in [1.54, 1.807) is 0 Å². The third-order valence-corrected chi connectivity index (χ3v) is 5.40. The van der Waals surface area contributed by atoms with Crippen LogP contribution < -0.4 is 0 Å². The van der Waals surface area contributed by atoms with Crippen molar-refractivity contribution in [3.63, 3.8) is 0 Å². The van der Waals surface area contributed by atoms with Crippen LogP contribution in [0.4, 0.5) is 0 Å². The summed E-state index contributed by atoms with van der Waals surface area (Å²) in [6.07, 6.45) is 6.89. The second kappa shape index (κ2) is 5.45. The van der Waals surface area contributed by atoms with E-state index in [1.165, 1.54) is 47.0 Å². The number of amides is 1. The number of hydrogen-bond acceptors (Lipinski definition) is 1. The van der Waals surface area contributed by atoms with E-state index in [4.69, 9.17) is 0 Å². The Morgan fingerprint density at radius 2 is 2.05 bits per heavy atom. The maximum absolute atomic E-state index is 12.8. The van der Waals surface area contributed by atoms with E-state index in [-0.39, 0.29) is 5.92 Å². The number of hydrogen-bond donors (Lipinski definition) is 1. The first-order valence-corrected chi connectivity index (χ1v) is 8.61. The normalized spacial score (nSPS) is 19.4. The summed E-state index contributed by atoms with van der Waals surface area (Å²) in [6, 6.07) is 6.56. The molecule has 2 heterocycles. The number of aromatic amines is 1. The van der Waals surface area contributed by atoms with E-state index in [1.807, 2.05) is 0 Å². The maximum atomic E-state index is 12.8. The predicted octanol–water partition coefficient (Wildman–Crippen LogP) is 3.94. The number of aryl methyl sites for hydroxylation is 1. The SMILES string of the molecule is Cc1ccc2[nH]c3c(c2c1)CN(C(=O)C1CCCCC1)CC3. The Balaban J connectivity index is 1.61. The highest BCUT2D eigenvalue weighted by Crippen LogP contribution is 2.31. The molecule has 0 bridgehead atoms. The van der Waals surface area contributed by atoms with Gasteiger partial charge in [-0.1, -0.05) is 30.9 Å². The van der Waals surface area contributed by atoms with Gasteiger partial charge >= 0.3 is 0 Å². The molecule has 2 aliphatic rings. The topological polar surface area (TPSA) is 36.1 Å². The maximum Gasteiger partial charge on any atom is 0.225 e. The van der Waals surface area contributed by atoms with Crippen molar-refractivity contribution in [3.8, 4) is 0 Å². The van der Waals surface area contributed by atoms with Crippen molar-refractivity contribution in [1.29, 1.82) is 0 Å². The Hall–Kier alpha value is -1.77. The van der Waals surface area contributed by atoms with Crippen LogP contribution in [-0.4, -0.2) is 22.3 Å². The van der Waals surface area contributed by atoms with Crippen LogP contribution in [-0.2, 0) is 17.8 Å². The van der Waals surface area contributed by atoms with E-state index >= 15 is 0 Å². The molecule has 1 N–H and O–H groups in total. The van der Waals surface area contributed by atoms with E-state index in [0.29, 0.717) is 5.91 Å². The van der Waals surface area contributed by atoms with Crippen LogP contribution >= 0.6 is 0 Å². The van der Waals surface area contributed by atoms with Crippen molar-refractivity contribution < 1.29 is 4.79 Å². The van der Waals surface area contributed by atoms with Crippen molar-refractivity contribution in [2.24, 2.45) is 5.92 Å². The number of nitrogens with zero attached hydrogens (tertiary/aromatic N) is 1. The Morgan fingerprint density at radius 1 is 1.23 bits per heavy atom. The van der Waals surface area contributed by atoms with Gasteiger partial charge in [-0.2, -0.15) is 0 Å². The first-order valence-electron chi connectivity index (χ1n) is 8.61. The molecule has 22 heavy (non-hydrogen) atoms. The summed E-state index contributed by atoms with van der Waals surface area (Å²) in [7, 11) is 0. The molecule has 0 radical (unpaired) electrons. The molecule has 1 aromatic heterocycles. The minimum Gasteiger partial charge on any atom is -0.358 e. The summed E-state index contributed by atoms with van der Waals surface area (Å²) in [5.74, 6) is 0.676. The summed E-state index contributed by atoms with van der Waals surface area (Å²) < 4.78 is 0. The highest BCUT2D eigenvalue weighted by molar-refractivity contribution is 5.87. The minimum absolute atomic E-state index is 0.280. The van der Waals surface area contributed by atoms with Crippen molar-refractivity contribution in [2.75, 3.05) is 6.54 Å². The van der Waals surface area contributed by atoms with Gasteiger partial charge in [-0.15, -0.1) is 0 Å². The van der Waals surface area contributed by atoms with Gasteiger partial charge in [-0.25, -0.2) is 0 Å². The predicted molar refractivity (Wildman–Crippen MR) is 88.7 cm³/mol. The van der Waals surface area contributed by atoms with Gasteiger partial charge in [0, 0.05) is 47.6 Å². The second-order valence-electron chi connectivity index (χ2n) is 6.98. The van der Waals surface area contributed by atoms with Gasteiger partial charge in [0.25, 0.3) is 0 Å². The van der Waals surface area contributed by atoms with E-state index in [9.17, 15) is 4.79 Å². The summed E-state index contributed by atoms with van der Waals surface area (Å²) >= 11 is 0. The van der Waals surface area contributed by atoms with Crippen molar-refractivity contribution in [3.05, 3.63) is 35.0 Å². The molecule has 1 saturated carbocycles. The van der Waals surface area contributed by atoms with Crippen LogP contribution in [0.25, 0.3) is 10.9 Å². The first-order chi connectivity index (χ1) is 10.7. The van der Waals surface area contributed by atoms with Crippen molar-refractivity contribution in [2.45, 2.75) is 52.0 Å². The van der Waals surface area contributed by atoms with Crippen LogP contribution in [0.5, 0.6) is 0 Å². The Bertz CT molecular complexity index is 710. The lowest BCUT2D eigenvalue weighted by atomic mass is 9.87. The molecule has 0 unspecified atom stereocenters. The number of nitrogens with one attached hydrogen (secondary N) is 1. The fraction of sp³-hybridized carbons (Fsp3) is 0.526. The van der Waals surface area contributed by atoms with Crippen LogP contribution in [0.2, 0.25) is 0 Å². The lowest BCUT2D eigenvalue weighted by Crippen LogP contribution is -2.40. The molecule has 1 amide bonds. The van der Waals surface area contributed by atoms with Crippen LogP contribution in [0.1, 0.15) is 48.9 Å². The molecule has 3 nitrogen and oxygen atoms in total. The van der Waals surface area contributed by atoms with E-state index < -0.39 is 0 Å². The quantitative estimate of drug-likeness (QED) is 0.850. The summed E-state index contributed by atoms with van der Waals surface area (Å²) in [5.41, 5.74) is 5.16. The van der Waals surface area contributed by atoms with Gasteiger partial charge in [-0.3, -0.25) is 4.79 Å².